The molecule has 0 saturated carbocycles. The smallest absolute Gasteiger partial charge is 0.251 e. The lowest BCUT2D eigenvalue weighted by Gasteiger charge is -2.06. The molecule has 98 valence electrons. The van der Waals surface area contributed by atoms with E-state index in [-0.39, 0.29) is 5.91 Å². The number of nitrogens with one attached hydrogen (secondary N) is 2. The molecule has 2 aromatic rings. The molecule has 1 aliphatic rings. The third-order valence-electron chi connectivity index (χ3n) is 3.43. The minimum absolute atomic E-state index is 0.0275. The van der Waals surface area contributed by atoms with E-state index in [1.165, 1.54) is 5.56 Å². The zero-order chi connectivity index (χ0) is 13.2. The van der Waals surface area contributed by atoms with E-state index in [9.17, 15) is 4.79 Å². The van der Waals surface area contributed by atoms with Gasteiger partial charge in [0.25, 0.3) is 5.91 Å². The number of amides is 1. The predicted molar refractivity (Wildman–Crippen MR) is 75.2 cm³/mol. The molecular weight excluding hydrogens is 238 g/mol. The molecule has 1 aliphatic heterocycles. The second kappa shape index (κ2) is 4.80. The van der Waals surface area contributed by atoms with Crippen LogP contribution in [-0.4, -0.2) is 17.0 Å². The molecule has 4 nitrogen and oxygen atoms in total. The Bertz CT molecular complexity index is 616. The molecule has 0 spiro atoms. The molecule has 3 rings (SSSR count). The minimum atomic E-state index is -0.0275. The van der Waals surface area contributed by atoms with Crippen molar-refractivity contribution >= 4 is 11.6 Å². The zero-order valence-corrected chi connectivity index (χ0v) is 10.9. The first-order valence-corrected chi connectivity index (χ1v) is 6.48. The average Bonchev–Trinajstić information content (AvgIpc) is 3.03. The second-order valence-corrected chi connectivity index (χ2v) is 4.92. The first kappa shape index (κ1) is 11.8. The molecular formula is C15H17N3O. The Labute approximate surface area is 112 Å². The summed E-state index contributed by atoms with van der Waals surface area (Å²) in [4.78, 5) is 12.1. The summed E-state index contributed by atoms with van der Waals surface area (Å²) >= 11 is 0. The van der Waals surface area contributed by atoms with Crippen molar-refractivity contribution in [1.29, 1.82) is 0 Å². The summed E-state index contributed by atoms with van der Waals surface area (Å²) in [5, 5.41) is 6.23. The van der Waals surface area contributed by atoms with Gasteiger partial charge >= 0.3 is 0 Å². The number of hydrogen-bond donors (Lipinski definition) is 2. The number of benzene rings is 1. The van der Waals surface area contributed by atoms with Crippen molar-refractivity contribution in [1.82, 2.24) is 9.88 Å². The second-order valence-electron chi connectivity index (χ2n) is 4.92. The van der Waals surface area contributed by atoms with E-state index in [0.717, 1.165) is 24.2 Å². The van der Waals surface area contributed by atoms with Crippen LogP contribution in [0.5, 0.6) is 0 Å². The third kappa shape index (κ3) is 2.47. The van der Waals surface area contributed by atoms with Crippen LogP contribution in [0.2, 0.25) is 0 Å². The van der Waals surface area contributed by atoms with E-state index in [2.05, 4.69) is 10.6 Å². The van der Waals surface area contributed by atoms with Crippen LogP contribution in [0.1, 0.15) is 21.5 Å². The van der Waals surface area contributed by atoms with E-state index in [0.29, 0.717) is 12.1 Å². The summed E-state index contributed by atoms with van der Waals surface area (Å²) in [7, 11) is 1.97. The highest BCUT2D eigenvalue weighted by Crippen LogP contribution is 2.23. The fourth-order valence-corrected chi connectivity index (χ4v) is 2.38. The maximum absolute atomic E-state index is 12.1. The van der Waals surface area contributed by atoms with Crippen LogP contribution >= 0.6 is 0 Å². The first-order valence-electron chi connectivity index (χ1n) is 6.48. The van der Waals surface area contributed by atoms with Gasteiger partial charge in [0, 0.05) is 43.8 Å². The molecule has 1 aromatic carbocycles. The number of hydrogen-bond acceptors (Lipinski definition) is 2. The van der Waals surface area contributed by atoms with Gasteiger partial charge < -0.3 is 15.2 Å². The van der Waals surface area contributed by atoms with Crippen LogP contribution in [0.4, 0.5) is 5.69 Å². The van der Waals surface area contributed by atoms with Crippen molar-refractivity contribution in [3.63, 3.8) is 0 Å². The Morgan fingerprint density at radius 3 is 3.11 bits per heavy atom. The molecule has 1 aromatic heterocycles. The van der Waals surface area contributed by atoms with Crippen molar-refractivity contribution in [3.05, 3.63) is 53.3 Å². The number of carbonyl (C=O) groups excluding carboxylic acids is 1. The van der Waals surface area contributed by atoms with Gasteiger partial charge in [-0.3, -0.25) is 4.79 Å². The zero-order valence-electron chi connectivity index (χ0n) is 10.9. The van der Waals surface area contributed by atoms with Gasteiger partial charge in [0.15, 0.2) is 0 Å². The number of fused-ring (bicyclic) bond motifs is 1. The molecule has 19 heavy (non-hydrogen) atoms. The number of nitrogens with zero attached hydrogens (tertiary/aromatic N) is 1. The predicted octanol–water partition coefficient (Wildman–Crippen LogP) is 1.92. The van der Waals surface area contributed by atoms with Crippen molar-refractivity contribution in [3.8, 4) is 0 Å². The molecule has 0 fully saturated rings. The highest BCUT2D eigenvalue weighted by atomic mass is 16.1. The standard InChI is InChI=1S/C15H17N3O/c1-18-7-5-11(10-18)9-17-15(19)13-3-2-12-4-6-16-14(12)8-13/h2-3,5,7-8,10,16H,4,6,9H2,1H3,(H,17,19). The molecule has 0 atom stereocenters. The SMILES string of the molecule is Cn1ccc(CNC(=O)c2ccc3c(c2)NCC3)c1. The molecule has 0 radical (unpaired) electrons. The summed E-state index contributed by atoms with van der Waals surface area (Å²) in [5.74, 6) is -0.0275. The third-order valence-corrected chi connectivity index (χ3v) is 3.43. The average molecular weight is 255 g/mol. The summed E-state index contributed by atoms with van der Waals surface area (Å²) < 4.78 is 1.97. The fraction of sp³-hybridized carbons (Fsp3) is 0.267. The van der Waals surface area contributed by atoms with Gasteiger partial charge in [-0.1, -0.05) is 6.07 Å². The van der Waals surface area contributed by atoms with Crippen LogP contribution < -0.4 is 10.6 Å². The van der Waals surface area contributed by atoms with Crippen molar-refractivity contribution in [2.75, 3.05) is 11.9 Å². The van der Waals surface area contributed by atoms with Gasteiger partial charge in [0.05, 0.1) is 0 Å². The van der Waals surface area contributed by atoms with Crippen LogP contribution in [0.15, 0.2) is 36.7 Å². The Morgan fingerprint density at radius 2 is 2.32 bits per heavy atom. The fourth-order valence-electron chi connectivity index (χ4n) is 2.38. The quantitative estimate of drug-likeness (QED) is 0.880. The van der Waals surface area contributed by atoms with Crippen LogP contribution in [-0.2, 0) is 20.0 Å². The molecule has 2 N–H and O–H groups in total. The lowest BCUT2D eigenvalue weighted by atomic mass is 10.1. The lowest BCUT2D eigenvalue weighted by Crippen LogP contribution is -2.22. The summed E-state index contributed by atoms with van der Waals surface area (Å²) in [6, 6.07) is 7.87. The van der Waals surface area contributed by atoms with Crippen LogP contribution in [0, 0.1) is 0 Å². The maximum Gasteiger partial charge on any atom is 0.251 e. The van der Waals surface area contributed by atoms with Gasteiger partial charge in [-0.2, -0.15) is 0 Å². The number of rotatable bonds is 3. The Hall–Kier alpha value is -2.23. The normalized spacial score (nSPS) is 12.9. The Balaban J connectivity index is 1.67. The van der Waals surface area contributed by atoms with Gasteiger partial charge in [-0.05, 0) is 35.7 Å². The number of carbonyl (C=O) groups is 1. The monoisotopic (exact) mass is 255 g/mol. The van der Waals surface area contributed by atoms with Gasteiger partial charge in [0.1, 0.15) is 0 Å². The first-order chi connectivity index (χ1) is 9.22. The van der Waals surface area contributed by atoms with Crippen LogP contribution in [0.25, 0.3) is 0 Å². The van der Waals surface area contributed by atoms with E-state index < -0.39 is 0 Å². The van der Waals surface area contributed by atoms with Gasteiger partial charge in [-0.15, -0.1) is 0 Å². The number of aryl methyl sites for hydroxylation is 1. The summed E-state index contributed by atoms with van der Waals surface area (Å²) in [6.07, 6.45) is 5.02. The van der Waals surface area contributed by atoms with E-state index in [4.69, 9.17) is 0 Å². The summed E-state index contributed by atoms with van der Waals surface area (Å²) in [6.45, 7) is 1.52. The Kier molecular flexibility index (Phi) is 2.99. The molecule has 0 unspecified atom stereocenters. The molecule has 0 aliphatic carbocycles. The maximum atomic E-state index is 12.1. The van der Waals surface area contributed by atoms with Crippen molar-refractivity contribution in [2.45, 2.75) is 13.0 Å². The minimum Gasteiger partial charge on any atom is -0.384 e. The van der Waals surface area contributed by atoms with E-state index >= 15 is 0 Å². The molecule has 0 saturated heterocycles. The highest BCUT2D eigenvalue weighted by molar-refractivity contribution is 5.95. The summed E-state index contributed by atoms with van der Waals surface area (Å²) in [5.41, 5.74) is 4.20. The number of aromatic nitrogens is 1. The van der Waals surface area contributed by atoms with Crippen molar-refractivity contribution < 1.29 is 4.79 Å². The lowest BCUT2D eigenvalue weighted by molar-refractivity contribution is 0.0951. The highest BCUT2D eigenvalue weighted by Gasteiger charge is 2.13. The van der Waals surface area contributed by atoms with Crippen LogP contribution in [0.3, 0.4) is 0 Å². The van der Waals surface area contributed by atoms with E-state index in [1.54, 1.807) is 0 Å². The molecule has 4 heteroatoms. The molecule has 1 amide bonds. The van der Waals surface area contributed by atoms with Gasteiger partial charge in [0.2, 0.25) is 0 Å². The molecule has 2 heterocycles. The van der Waals surface area contributed by atoms with E-state index in [1.807, 2.05) is 48.3 Å². The Morgan fingerprint density at radius 1 is 1.42 bits per heavy atom. The molecule has 0 bridgehead atoms. The number of anilines is 1. The van der Waals surface area contributed by atoms with Crippen molar-refractivity contribution in [2.24, 2.45) is 7.05 Å². The van der Waals surface area contributed by atoms with Gasteiger partial charge in [-0.25, -0.2) is 0 Å². The topological polar surface area (TPSA) is 46.1 Å². The largest absolute Gasteiger partial charge is 0.384 e.